The number of hydrogen-bond donors (Lipinski definition) is 1. The number of sulfonamides is 1. The van der Waals surface area contributed by atoms with E-state index in [9.17, 15) is 18.0 Å². The Kier molecular flexibility index (Phi) is 10.1. The van der Waals surface area contributed by atoms with E-state index in [1.54, 1.807) is 49.4 Å². The number of nitrogens with zero attached hydrogens (tertiary/aromatic N) is 2. The maximum Gasteiger partial charge on any atom is 0.264 e. The molecule has 3 rings (SSSR count). The second-order valence-corrected chi connectivity index (χ2v) is 12.4. The summed E-state index contributed by atoms with van der Waals surface area (Å²) in [4.78, 5) is 28.4. The molecule has 3 aromatic carbocycles. The first-order valence-corrected chi connectivity index (χ1v) is 14.7. The van der Waals surface area contributed by atoms with Gasteiger partial charge in [-0.1, -0.05) is 83.9 Å². The van der Waals surface area contributed by atoms with Crippen molar-refractivity contribution < 1.29 is 18.0 Å². The fourth-order valence-corrected chi connectivity index (χ4v) is 5.62. The Hall–Kier alpha value is -3.17. The van der Waals surface area contributed by atoms with Crippen molar-refractivity contribution in [3.63, 3.8) is 0 Å². The molecule has 0 saturated heterocycles. The molecule has 0 aromatic heterocycles. The van der Waals surface area contributed by atoms with Crippen molar-refractivity contribution in [2.75, 3.05) is 17.4 Å². The normalized spacial score (nSPS) is 12.2. The number of amides is 2. The average molecular weight is 601 g/mol. The molecule has 0 spiro atoms. The highest BCUT2D eigenvalue weighted by molar-refractivity contribution is 9.10. The van der Waals surface area contributed by atoms with Gasteiger partial charge in [-0.15, -0.1) is 0 Å². The van der Waals surface area contributed by atoms with Crippen molar-refractivity contribution >= 4 is 43.5 Å². The molecule has 0 fully saturated rings. The van der Waals surface area contributed by atoms with Crippen LogP contribution >= 0.6 is 15.9 Å². The highest BCUT2D eigenvalue weighted by Crippen LogP contribution is 2.27. The van der Waals surface area contributed by atoms with Crippen LogP contribution in [0.4, 0.5) is 5.69 Å². The van der Waals surface area contributed by atoms with E-state index in [0.717, 1.165) is 15.4 Å². The first-order valence-electron chi connectivity index (χ1n) is 12.4. The van der Waals surface area contributed by atoms with Crippen LogP contribution in [0, 0.1) is 12.8 Å². The van der Waals surface area contributed by atoms with Gasteiger partial charge >= 0.3 is 0 Å². The minimum absolute atomic E-state index is 0.0700. The number of benzene rings is 3. The highest BCUT2D eigenvalue weighted by atomic mass is 79.9. The van der Waals surface area contributed by atoms with Gasteiger partial charge in [-0.25, -0.2) is 8.42 Å². The number of carbonyl (C=O) groups is 2. The molecule has 0 aliphatic heterocycles. The maximum atomic E-state index is 13.9. The summed E-state index contributed by atoms with van der Waals surface area (Å²) in [6.07, 6.45) is 0. The first-order chi connectivity index (χ1) is 18.0. The fraction of sp³-hybridized carbons (Fsp3) is 0.310. The zero-order valence-electron chi connectivity index (χ0n) is 22.1. The van der Waals surface area contributed by atoms with Crippen molar-refractivity contribution in [3.05, 3.63) is 94.5 Å². The summed E-state index contributed by atoms with van der Waals surface area (Å²) in [6.45, 7) is 7.78. The predicted octanol–water partition coefficient (Wildman–Crippen LogP) is 5.14. The van der Waals surface area contributed by atoms with Gasteiger partial charge in [0.2, 0.25) is 11.8 Å². The number of hydrogen-bond acceptors (Lipinski definition) is 4. The Bertz CT molecular complexity index is 1350. The van der Waals surface area contributed by atoms with Gasteiger partial charge in [0.15, 0.2) is 0 Å². The predicted molar refractivity (Wildman–Crippen MR) is 154 cm³/mol. The zero-order chi connectivity index (χ0) is 27.9. The molecule has 0 bridgehead atoms. The lowest BCUT2D eigenvalue weighted by Gasteiger charge is -2.32. The minimum atomic E-state index is -4.08. The summed E-state index contributed by atoms with van der Waals surface area (Å²) in [5.41, 5.74) is 2.25. The van der Waals surface area contributed by atoms with E-state index in [2.05, 4.69) is 21.2 Å². The van der Waals surface area contributed by atoms with Crippen LogP contribution in [0.2, 0.25) is 0 Å². The number of rotatable bonds is 11. The van der Waals surface area contributed by atoms with Crippen LogP contribution in [0.5, 0.6) is 0 Å². The molecule has 0 aliphatic carbocycles. The van der Waals surface area contributed by atoms with Gasteiger partial charge in [-0.05, 0) is 55.7 Å². The molecule has 0 radical (unpaired) electrons. The van der Waals surface area contributed by atoms with Gasteiger partial charge in [-0.2, -0.15) is 0 Å². The van der Waals surface area contributed by atoms with Crippen molar-refractivity contribution in [2.24, 2.45) is 5.92 Å². The monoisotopic (exact) mass is 599 g/mol. The Labute approximate surface area is 234 Å². The number of halogens is 1. The lowest BCUT2D eigenvalue weighted by Crippen LogP contribution is -2.51. The molecule has 3 aromatic rings. The molecule has 2 amide bonds. The second kappa shape index (κ2) is 13.1. The van der Waals surface area contributed by atoms with E-state index in [1.807, 2.05) is 45.0 Å². The van der Waals surface area contributed by atoms with Gasteiger partial charge in [0.1, 0.15) is 12.6 Å². The third-order valence-electron chi connectivity index (χ3n) is 6.03. The standard InChI is InChI=1S/C29H34BrN3O4S/c1-21(2)18-31-29(35)23(4)32(19-24-15-13-22(3)14-16-24)28(34)20-33(26-10-8-9-25(30)17-26)38(36,37)27-11-6-5-7-12-27/h5-17,21,23H,18-20H2,1-4H3,(H,31,35)/t23-/m0/s1. The SMILES string of the molecule is Cc1ccc(CN(C(=O)CN(c2cccc(Br)c2)S(=O)(=O)c2ccccc2)[C@@H](C)C(=O)NCC(C)C)cc1. The molecule has 0 aliphatic rings. The summed E-state index contributed by atoms with van der Waals surface area (Å²) >= 11 is 3.40. The number of nitrogens with one attached hydrogen (secondary N) is 1. The van der Waals surface area contributed by atoms with E-state index in [1.165, 1.54) is 17.0 Å². The Balaban J connectivity index is 1.99. The van der Waals surface area contributed by atoms with E-state index in [-0.39, 0.29) is 23.3 Å². The first kappa shape index (κ1) is 29.4. The smallest absolute Gasteiger partial charge is 0.264 e. The van der Waals surface area contributed by atoms with E-state index >= 15 is 0 Å². The molecule has 38 heavy (non-hydrogen) atoms. The Morgan fingerprint density at radius 3 is 2.18 bits per heavy atom. The van der Waals surface area contributed by atoms with Gasteiger partial charge in [0, 0.05) is 17.6 Å². The van der Waals surface area contributed by atoms with Gasteiger partial charge in [0.25, 0.3) is 10.0 Å². The van der Waals surface area contributed by atoms with E-state index < -0.39 is 28.5 Å². The van der Waals surface area contributed by atoms with Crippen LogP contribution in [-0.2, 0) is 26.2 Å². The van der Waals surface area contributed by atoms with Gasteiger partial charge in [-0.3, -0.25) is 13.9 Å². The molecule has 9 heteroatoms. The quantitative estimate of drug-likeness (QED) is 0.330. The number of anilines is 1. The summed E-state index contributed by atoms with van der Waals surface area (Å²) in [7, 11) is -4.08. The van der Waals surface area contributed by atoms with Gasteiger partial charge < -0.3 is 10.2 Å². The third kappa shape index (κ3) is 7.68. The molecule has 1 N–H and O–H groups in total. The zero-order valence-corrected chi connectivity index (χ0v) is 24.5. The summed E-state index contributed by atoms with van der Waals surface area (Å²) in [5.74, 6) is -0.535. The van der Waals surface area contributed by atoms with Gasteiger partial charge in [0.05, 0.1) is 10.6 Å². The van der Waals surface area contributed by atoms with Crippen LogP contribution in [0.1, 0.15) is 31.9 Å². The second-order valence-electron chi connectivity index (χ2n) is 9.63. The lowest BCUT2D eigenvalue weighted by atomic mass is 10.1. The van der Waals surface area contributed by atoms with Crippen molar-refractivity contribution in [1.82, 2.24) is 10.2 Å². The fourth-order valence-electron chi connectivity index (χ4n) is 3.80. The van der Waals surface area contributed by atoms with Crippen LogP contribution in [0.3, 0.4) is 0 Å². The molecular formula is C29H34BrN3O4S. The molecule has 0 saturated carbocycles. The van der Waals surface area contributed by atoms with Crippen LogP contribution in [-0.4, -0.2) is 44.3 Å². The largest absolute Gasteiger partial charge is 0.354 e. The highest BCUT2D eigenvalue weighted by Gasteiger charge is 2.32. The van der Waals surface area contributed by atoms with Crippen LogP contribution in [0.15, 0.2) is 88.2 Å². The molecule has 202 valence electrons. The molecule has 7 nitrogen and oxygen atoms in total. The average Bonchev–Trinajstić information content (AvgIpc) is 2.89. The molecule has 1 atom stereocenters. The van der Waals surface area contributed by atoms with E-state index in [4.69, 9.17) is 0 Å². The Morgan fingerprint density at radius 2 is 1.58 bits per heavy atom. The maximum absolute atomic E-state index is 13.9. The van der Waals surface area contributed by atoms with Crippen molar-refractivity contribution in [3.8, 4) is 0 Å². The topological polar surface area (TPSA) is 86.8 Å². The lowest BCUT2D eigenvalue weighted by molar-refractivity contribution is -0.139. The molecule has 0 unspecified atom stereocenters. The van der Waals surface area contributed by atoms with Crippen molar-refractivity contribution in [2.45, 2.75) is 45.2 Å². The summed E-state index contributed by atoms with van der Waals surface area (Å²) in [5, 5.41) is 2.89. The number of carbonyl (C=O) groups excluding carboxylic acids is 2. The molecule has 0 heterocycles. The third-order valence-corrected chi connectivity index (χ3v) is 8.31. The Morgan fingerprint density at radius 1 is 0.921 bits per heavy atom. The summed E-state index contributed by atoms with van der Waals surface area (Å²) < 4.78 is 29.2. The van der Waals surface area contributed by atoms with Crippen LogP contribution < -0.4 is 9.62 Å². The van der Waals surface area contributed by atoms with Crippen molar-refractivity contribution in [1.29, 1.82) is 0 Å². The summed E-state index contributed by atoms with van der Waals surface area (Å²) in [6, 6.07) is 21.7. The van der Waals surface area contributed by atoms with E-state index in [0.29, 0.717) is 16.7 Å². The molecular weight excluding hydrogens is 566 g/mol. The minimum Gasteiger partial charge on any atom is -0.354 e. The number of aryl methyl sites for hydroxylation is 1. The van der Waals surface area contributed by atoms with Crippen LogP contribution in [0.25, 0.3) is 0 Å².